The van der Waals surface area contributed by atoms with Gasteiger partial charge in [-0.25, -0.2) is 9.37 Å². The highest BCUT2D eigenvalue weighted by atomic mass is 32.1. The lowest BCUT2D eigenvalue weighted by Crippen LogP contribution is -2.18. The van der Waals surface area contributed by atoms with Crippen molar-refractivity contribution in [2.45, 2.75) is 32.5 Å². The number of thiazole rings is 1. The first-order valence-electron chi connectivity index (χ1n) is 8.21. The number of unbranched alkanes of at least 4 members (excludes halogenated alkanes) is 1. The first kappa shape index (κ1) is 19.2. The largest absolute Gasteiger partial charge is 0.416 e. The van der Waals surface area contributed by atoms with Crippen LogP contribution < -0.4 is 4.80 Å². The fraction of sp³-hybridized carbons (Fsp3) is 0.278. The van der Waals surface area contributed by atoms with E-state index in [0.717, 1.165) is 29.7 Å². The number of halogens is 4. The van der Waals surface area contributed by atoms with Gasteiger partial charge in [-0.3, -0.25) is 4.79 Å². The van der Waals surface area contributed by atoms with Crippen LogP contribution >= 0.6 is 11.3 Å². The van der Waals surface area contributed by atoms with Gasteiger partial charge in [-0.15, -0.1) is 0 Å². The molecule has 2 aromatic heterocycles. The number of nitrogens with zero attached hydrogens (tertiary/aromatic N) is 3. The number of carbonyl (C=O) groups excluding carboxylic acids is 1. The molecule has 2 heterocycles. The van der Waals surface area contributed by atoms with Gasteiger partial charge in [0.2, 0.25) is 0 Å². The smallest absolute Gasteiger partial charge is 0.315 e. The van der Waals surface area contributed by atoms with Crippen molar-refractivity contribution in [1.29, 1.82) is 0 Å². The molecule has 3 aromatic rings. The van der Waals surface area contributed by atoms with Gasteiger partial charge in [0.1, 0.15) is 10.6 Å². The Morgan fingerprint density at radius 2 is 2.07 bits per heavy atom. The molecule has 0 spiro atoms. The molecule has 3 rings (SSSR count). The number of hydrogen-bond donors (Lipinski definition) is 0. The third kappa shape index (κ3) is 4.08. The predicted molar refractivity (Wildman–Crippen MR) is 93.8 cm³/mol. The van der Waals surface area contributed by atoms with Crippen LogP contribution in [0.4, 0.5) is 17.6 Å². The van der Waals surface area contributed by atoms with Gasteiger partial charge in [0, 0.05) is 12.7 Å². The third-order valence-corrected chi connectivity index (χ3v) is 4.92. The molecule has 0 aliphatic heterocycles. The molecule has 0 unspecified atom stereocenters. The van der Waals surface area contributed by atoms with Crippen LogP contribution in [0.1, 0.15) is 35.7 Å². The Bertz CT molecular complexity index is 1050. The zero-order valence-electron chi connectivity index (χ0n) is 14.3. The van der Waals surface area contributed by atoms with Gasteiger partial charge in [0.15, 0.2) is 4.80 Å². The number of hydrogen-bond acceptors (Lipinski definition) is 3. The Morgan fingerprint density at radius 1 is 1.30 bits per heavy atom. The maximum Gasteiger partial charge on any atom is 0.416 e. The molecule has 27 heavy (non-hydrogen) atoms. The molecule has 4 nitrogen and oxygen atoms in total. The number of aryl methyl sites for hydroxylation is 1. The molecular formula is C18H15F4N3OS. The van der Waals surface area contributed by atoms with Crippen molar-refractivity contribution in [1.82, 2.24) is 9.55 Å². The molecule has 0 atom stereocenters. The number of carbonyl (C=O) groups is 1. The molecule has 0 N–H and O–H groups in total. The molecule has 0 fully saturated rings. The molecule has 0 aliphatic rings. The van der Waals surface area contributed by atoms with Crippen molar-refractivity contribution in [3.05, 3.63) is 58.3 Å². The van der Waals surface area contributed by atoms with E-state index in [0.29, 0.717) is 29.6 Å². The van der Waals surface area contributed by atoms with Crippen LogP contribution in [0.2, 0.25) is 0 Å². The summed E-state index contributed by atoms with van der Waals surface area (Å²) in [6.45, 7) is 2.58. The van der Waals surface area contributed by atoms with E-state index in [9.17, 15) is 22.4 Å². The van der Waals surface area contributed by atoms with Crippen molar-refractivity contribution in [2.24, 2.45) is 4.99 Å². The van der Waals surface area contributed by atoms with E-state index in [1.54, 1.807) is 16.8 Å². The zero-order valence-corrected chi connectivity index (χ0v) is 15.1. The summed E-state index contributed by atoms with van der Waals surface area (Å²) in [6, 6.07) is 5.28. The molecule has 9 heteroatoms. The first-order chi connectivity index (χ1) is 12.8. The van der Waals surface area contributed by atoms with Crippen LogP contribution in [0.25, 0.3) is 10.3 Å². The monoisotopic (exact) mass is 397 g/mol. The highest BCUT2D eigenvalue weighted by molar-refractivity contribution is 7.15. The van der Waals surface area contributed by atoms with Gasteiger partial charge in [-0.1, -0.05) is 24.7 Å². The van der Waals surface area contributed by atoms with Crippen LogP contribution in [0.5, 0.6) is 0 Å². The van der Waals surface area contributed by atoms with Crippen molar-refractivity contribution in [2.75, 3.05) is 0 Å². The summed E-state index contributed by atoms with van der Waals surface area (Å²) in [4.78, 5) is 21.5. The van der Waals surface area contributed by atoms with E-state index in [1.807, 2.05) is 13.0 Å². The average Bonchev–Trinajstić information content (AvgIpc) is 2.96. The van der Waals surface area contributed by atoms with Crippen LogP contribution in [-0.2, 0) is 12.7 Å². The van der Waals surface area contributed by atoms with E-state index < -0.39 is 29.0 Å². The first-order valence-corrected chi connectivity index (χ1v) is 9.03. The fourth-order valence-corrected chi connectivity index (χ4v) is 3.54. The predicted octanol–water partition coefficient (Wildman–Crippen LogP) is 4.80. The van der Waals surface area contributed by atoms with Gasteiger partial charge >= 0.3 is 6.18 Å². The number of benzene rings is 1. The van der Waals surface area contributed by atoms with Gasteiger partial charge in [0.25, 0.3) is 5.91 Å². The summed E-state index contributed by atoms with van der Waals surface area (Å²) in [5.41, 5.74) is -1.04. The third-order valence-electron chi connectivity index (χ3n) is 3.92. The highest BCUT2D eigenvalue weighted by Gasteiger charge is 2.32. The Morgan fingerprint density at radius 3 is 2.78 bits per heavy atom. The van der Waals surface area contributed by atoms with Crippen LogP contribution in [-0.4, -0.2) is 15.5 Å². The second-order valence-corrected chi connectivity index (χ2v) is 6.78. The normalized spacial score (nSPS) is 12.7. The van der Waals surface area contributed by atoms with Gasteiger partial charge in [-0.2, -0.15) is 18.2 Å². The summed E-state index contributed by atoms with van der Waals surface area (Å²) in [5.74, 6) is -2.11. The maximum absolute atomic E-state index is 14.0. The van der Waals surface area contributed by atoms with Crippen LogP contribution in [0, 0.1) is 5.82 Å². The number of aromatic nitrogens is 2. The zero-order chi connectivity index (χ0) is 19.6. The van der Waals surface area contributed by atoms with E-state index in [1.165, 1.54) is 0 Å². The lowest BCUT2D eigenvalue weighted by Gasteiger charge is -2.08. The number of pyridine rings is 1. The molecule has 0 saturated heterocycles. The number of alkyl halides is 3. The number of amides is 1. The number of rotatable bonds is 4. The van der Waals surface area contributed by atoms with Gasteiger partial charge < -0.3 is 4.57 Å². The lowest BCUT2D eigenvalue weighted by atomic mass is 10.1. The fourth-order valence-electron chi connectivity index (χ4n) is 2.54. The standard InChI is InChI=1S/C18H15F4N3OS/c1-2-3-9-25-14-5-4-8-23-16(14)27-17(25)24-15(26)12-10-11(18(20,21)22)6-7-13(12)19/h4-8,10H,2-3,9H2,1H3/b24-17-. The highest BCUT2D eigenvalue weighted by Crippen LogP contribution is 2.30. The summed E-state index contributed by atoms with van der Waals surface area (Å²) >= 11 is 1.13. The van der Waals surface area contributed by atoms with E-state index in [4.69, 9.17) is 0 Å². The van der Waals surface area contributed by atoms with Crippen molar-refractivity contribution < 1.29 is 22.4 Å². The second kappa shape index (κ2) is 7.59. The second-order valence-electron chi connectivity index (χ2n) is 5.83. The minimum Gasteiger partial charge on any atom is -0.315 e. The van der Waals surface area contributed by atoms with Crippen LogP contribution in [0.15, 0.2) is 41.5 Å². The summed E-state index contributed by atoms with van der Waals surface area (Å²) in [5, 5.41) is 0. The van der Waals surface area contributed by atoms with Crippen LogP contribution in [0.3, 0.4) is 0 Å². The molecule has 1 aromatic carbocycles. The van der Waals surface area contributed by atoms with Crippen molar-refractivity contribution >= 4 is 27.6 Å². The minimum absolute atomic E-state index is 0.277. The summed E-state index contributed by atoms with van der Waals surface area (Å²) < 4.78 is 54.3. The summed E-state index contributed by atoms with van der Waals surface area (Å²) in [7, 11) is 0. The molecule has 0 radical (unpaired) electrons. The Labute approximate surface area is 155 Å². The van der Waals surface area contributed by atoms with Gasteiger partial charge in [-0.05, 0) is 36.8 Å². The van der Waals surface area contributed by atoms with Crippen molar-refractivity contribution in [3.8, 4) is 0 Å². The summed E-state index contributed by atoms with van der Waals surface area (Å²) in [6.07, 6.45) is -1.35. The van der Waals surface area contributed by atoms with E-state index >= 15 is 0 Å². The molecule has 142 valence electrons. The van der Waals surface area contributed by atoms with E-state index in [2.05, 4.69) is 9.98 Å². The molecule has 0 aliphatic carbocycles. The Hall–Kier alpha value is -2.55. The average molecular weight is 397 g/mol. The van der Waals surface area contributed by atoms with Crippen molar-refractivity contribution in [3.63, 3.8) is 0 Å². The molecule has 0 saturated carbocycles. The number of fused-ring (bicyclic) bond motifs is 1. The Balaban J connectivity index is 2.10. The molecule has 1 amide bonds. The topological polar surface area (TPSA) is 47.2 Å². The SMILES string of the molecule is CCCCn1/c(=N/C(=O)c2cc(C(F)(F)F)ccc2F)sc2ncccc21. The lowest BCUT2D eigenvalue weighted by molar-refractivity contribution is -0.137. The molecular weight excluding hydrogens is 382 g/mol. The maximum atomic E-state index is 14.0. The Kier molecular flexibility index (Phi) is 5.41. The molecule has 0 bridgehead atoms. The minimum atomic E-state index is -4.68. The quantitative estimate of drug-likeness (QED) is 0.594. The van der Waals surface area contributed by atoms with E-state index in [-0.39, 0.29) is 4.80 Å². The van der Waals surface area contributed by atoms with Gasteiger partial charge in [0.05, 0.1) is 16.6 Å².